The molecule has 0 saturated carbocycles. The third-order valence-electron chi connectivity index (χ3n) is 3.98. The molecule has 2 heteroatoms. The summed E-state index contributed by atoms with van der Waals surface area (Å²) in [6, 6.07) is 2.27. The number of fused-ring (bicyclic) bond motifs is 1. The number of rotatable bonds is 3. The normalized spacial score (nSPS) is 12.3. The van der Waals surface area contributed by atoms with Crippen LogP contribution in [-0.4, -0.2) is 5.54 Å². The molecule has 0 aliphatic heterocycles. The van der Waals surface area contributed by atoms with Crippen LogP contribution < -0.4 is 5.32 Å². The van der Waals surface area contributed by atoms with Crippen molar-refractivity contribution in [3.63, 3.8) is 0 Å². The molecule has 1 heterocycles. The Balaban J connectivity index is 2.56. The van der Waals surface area contributed by atoms with Gasteiger partial charge >= 0.3 is 0 Å². The Bertz CT molecular complexity index is 629. The number of aryl methyl sites for hydroxylation is 4. The first kappa shape index (κ1) is 15.1. The molecule has 0 radical (unpaired) electrons. The van der Waals surface area contributed by atoms with Gasteiger partial charge in [-0.05, 0) is 64.7 Å². The van der Waals surface area contributed by atoms with Gasteiger partial charge in [0, 0.05) is 16.5 Å². The van der Waals surface area contributed by atoms with Gasteiger partial charge in [0.1, 0.15) is 11.3 Å². The lowest BCUT2D eigenvalue weighted by atomic mass is 9.98. The molecule has 1 aromatic carbocycles. The molecule has 1 aromatic heterocycles. The van der Waals surface area contributed by atoms with Crippen LogP contribution in [0.25, 0.3) is 11.0 Å². The van der Waals surface area contributed by atoms with Crippen molar-refractivity contribution in [2.24, 2.45) is 0 Å². The van der Waals surface area contributed by atoms with Crippen molar-refractivity contribution in [3.8, 4) is 0 Å². The standard InChI is InChI=1S/C18H27NO/c1-8-14-15(10-19-18(5,6)7)20-17-13(4)11(2)9-12(3)16(14)17/h9,19H,8,10H2,1-7H3. The topological polar surface area (TPSA) is 25.2 Å². The maximum absolute atomic E-state index is 6.22. The van der Waals surface area contributed by atoms with E-state index in [2.05, 4.69) is 59.8 Å². The zero-order chi connectivity index (χ0) is 15.1. The highest BCUT2D eigenvalue weighted by molar-refractivity contribution is 5.89. The van der Waals surface area contributed by atoms with Gasteiger partial charge in [0.15, 0.2) is 0 Å². The number of nitrogens with one attached hydrogen (secondary N) is 1. The van der Waals surface area contributed by atoms with Gasteiger partial charge in [0.05, 0.1) is 6.54 Å². The fourth-order valence-electron chi connectivity index (χ4n) is 2.74. The first-order chi connectivity index (χ1) is 9.24. The highest BCUT2D eigenvalue weighted by atomic mass is 16.3. The summed E-state index contributed by atoms with van der Waals surface area (Å²) in [5, 5.41) is 4.85. The molecular weight excluding hydrogens is 246 g/mol. The maximum Gasteiger partial charge on any atom is 0.138 e. The highest BCUT2D eigenvalue weighted by Gasteiger charge is 2.19. The molecule has 20 heavy (non-hydrogen) atoms. The van der Waals surface area contributed by atoms with Gasteiger partial charge in [-0.1, -0.05) is 13.0 Å². The molecule has 0 saturated heterocycles. The van der Waals surface area contributed by atoms with E-state index in [-0.39, 0.29) is 5.54 Å². The summed E-state index contributed by atoms with van der Waals surface area (Å²) >= 11 is 0. The van der Waals surface area contributed by atoms with Crippen LogP contribution in [0.3, 0.4) is 0 Å². The van der Waals surface area contributed by atoms with Crippen LogP contribution in [-0.2, 0) is 13.0 Å². The molecule has 0 aliphatic rings. The smallest absolute Gasteiger partial charge is 0.138 e. The number of hydrogen-bond donors (Lipinski definition) is 1. The Morgan fingerprint density at radius 3 is 2.30 bits per heavy atom. The van der Waals surface area contributed by atoms with Gasteiger partial charge in [-0.15, -0.1) is 0 Å². The predicted octanol–water partition coefficient (Wildman–Crippen LogP) is 4.81. The van der Waals surface area contributed by atoms with E-state index in [4.69, 9.17) is 4.42 Å². The van der Waals surface area contributed by atoms with Crippen molar-refractivity contribution in [2.75, 3.05) is 0 Å². The molecule has 0 amide bonds. The van der Waals surface area contributed by atoms with Gasteiger partial charge in [-0.2, -0.15) is 0 Å². The highest BCUT2D eigenvalue weighted by Crippen LogP contribution is 2.33. The van der Waals surface area contributed by atoms with Crippen LogP contribution in [0.1, 0.15) is 55.7 Å². The van der Waals surface area contributed by atoms with Crippen LogP contribution in [0.15, 0.2) is 10.5 Å². The third kappa shape index (κ3) is 2.76. The average molecular weight is 273 g/mol. The SMILES string of the molecule is CCc1c(CNC(C)(C)C)oc2c(C)c(C)cc(C)c12. The van der Waals surface area contributed by atoms with Crippen molar-refractivity contribution in [2.45, 2.75) is 67.0 Å². The number of furan rings is 1. The second-order valence-electron chi connectivity index (χ2n) is 6.80. The predicted molar refractivity (Wildman–Crippen MR) is 86.4 cm³/mol. The summed E-state index contributed by atoms with van der Waals surface area (Å²) in [5.41, 5.74) is 6.43. The first-order valence-electron chi connectivity index (χ1n) is 7.50. The van der Waals surface area contributed by atoms with Crippen LogP contribution >= 0.6 is 0 Å². The lowest BCUT2D eigenvalue weighted by molar-refractivity contribution is 0.393. The molecule has 2 rings (SSSR count). The molecule has 0 atom stereocenters. The molecule has 2 aromatic rings. The van der Waals surface area contributed by atoms with Crippen molar-refractivity contribution < 1.29 is 4.42 Å². The molecule has 110 valence electrons. The lowest BCUT2D eigenvalue weighted by Gasteiger charge is -2.19. The summed E-state index contributed by atoms with van der Waals surface area (Å²) in [5.74, 6) is 1.09. The molecule has 1 N–H and O–H groups in total. The van der Waals surface area contributed by atoms with E-state index >= 15 is 0 Å². The van der Waals surface area contributed by atoms with Crippen molar-refractivity contribution in [3.05, 3.63) is 34.1 Å². The largest absolute Gasteiger partial charge is 0.459 e. The second kappa shape index (κ2) is 5.25. The molecule has 0 spiro atoms. The molecule has 0 unspecified atom stereocenters. The minimum atomic E-state index is 0.101. The van der Waals surface area contributed by atoms with E-state index in [1.807, 2.05) is 0 Å². The Morgan fingerprint density at radius 2 is 1.75 bits per heavy atom. The monoisotopic (exact) mass is 273 g/mol. The molecule has 0 aliphatic carbocycles. The first-order valence-corrected chi connectivity index (χ1v) is 7.50. The average Bonchev–Trinajstić information content (AvgIpc) is 2.72. The van der Waals surface area contributed by atoms with E-state index in [1.54, 1.807) is 0 Å². The minimum absolute atomic E-state index is 0.101. The van der Waals surface area contributed by atoms with E-state index in [0.29, 0.717) is 0 Å². The van der Waals surface area contributed by atoms with Gasteiger partial charge in [0.25, 0.3) is 0 Å². The fourth-order valence-corrected chi connectivity index (χ4v) is 2.74. The van der Waals surface area contributed by atoms with E-state index in [0.717, 1.165) is 24.3 Å². The molecular formula is C18H27NO. The van der Waals surface area contributed by atoms with Crippen molar-refractivity contribution in [1.29, 1.82) is 0 Å². The zero-order valence-electron chi connectivity index (χ0n) is 13.9. The van der Waals surface area contributed by atoms with Crippen LogP contribution in [0.4, 0.5) is 0 Å². The van der Waals surface area contributed by atoms with E-state index < -0.39 is 0 Å². The summed E-state index contributed by atoms with van der Waals surface area (Å²) in [7, 11) is 0. The Labute approximate surface area is 122 Å². The van der Waals surface area contributed by atoms with Gasteiger partial charge in [-0.25, -0.2) is 0 Å². The quantitative estimate of drug-likeness (QED) is 0.868. The van der Waals surface area contributed by atoms with Crippen LogP contribution in [0.2, 0.25) is 0 Å². The Kier molecular flexibility index (Phi) is 3.97. The summed E-state index contributed by atoms with van der Waals surface area (Å²) in [6.45, 7) is 16.0. The van der Waals surface area contributed by atoms with Gasteiger partial charge < -0.3 is 9.73 Å². The third-order valence-corrected chi connectivity index (χ3v) is 3.98. The van der Waals surface area contributed by atoms with E-state index in [9.17, 15) is 0 Å². The Hall–Kier alpha value is -1.28. The second-order valence-corrected chi connectivity index (χ2v) is 6.80. The summed E-state index contributed by atoms with van der Waals surface area (Å²) in [6.07, 6.45) is 1.01. The van der Waals surface area contributed by atoms with Crippen LogP contribution in [0.5, 0.6) is 0 Å². The molecule has 0 fully saturated rings. The number of benzene rings is 1. The maximum atomic E-state index is 6.22. The molecule has 0 bridgehead atoms. The number of hydrogen-bond acceptors (Lipinski definition) is 2. The minimum Gasteiger partial charge on any atom is -0.459 e. The van der Waals surface area contributed by atoms with Crippen LogP contribution in [0, 0.1) is 20.8 Å². The van der Waals surface area contributed by atoms with E-state index in [1.165, 1.54) is 27.6 Å². The van der Waals surface area contributed by atoms with Crippen molar-refractivity contribution >= 4 is 11.0 Å². The van der Waals surface area contributed by atoms with Gasteiger partial charge in [0.2, 0.25) is 0 Å². The molecule has 2 nitrogen and oxygen atoms in total. The van der Waals surface area contributed by atoms with Gasteiger partial charge in [-0.3, -0.25) is 0 Å². The lowest BCUT2D eigenvalue weighted by Crippen LogP contribution is -2.35. The fraction of sp³-hybridized carbons (Fsp3) is 0.556. The Morgan fingerprint density at radius 1 is 1.10 bits per heavy atom. The summed E-state index contributed by atoms with van der Waals surface area (Å²) in [4.78, 5) is 0. The summed E-state index contributed by atoms with van der Waals surface area (Å²) < 4.78 is 6.22. The van der Waals surface area contributed by atoms with Crippen molar-refractivity contribution in [1.82, 2.24) is 5.32 Å². The zero-order valence-corrected chi connectivity index (χ0v) is 13.9.